The van der Waals surface area contributed by atoms with Crippen LogP contribution in [0.4, 0.5) is 0 Å². The molecule has 0 aromatic heterocycles. The maximum absolute atomic E-state index is 10.5. The van der Waals surface area contributed by atoms with Gasteiger partial charge < -0.3 is 10.2 Å². The number of hydrogen-bond acceptors (Lipinski definition) is 2. The molecule has 28 heavy (non-hydrogen) atoms. The summed E-state index contributed by atoms with van der Waals surface area (Å²) in [7, 11) is 1.21. The van der Waals surface area contributed by atoms with E-state index in [1.54, 1.807) is 0 Å². The molecule has 0 saturated heterocycles. The van der Waals surface area contributed by atoms with Crippen LogP contribution in [0.5, 0.6) is 11.5 Å². The normalized spacial score (nSPS) is 18.2. The number of aryl methyl sites for hydroxylation is 1. The number of unbranched alkanes of at least 4 members (excludes halogenated alkanes) is 1. The molecule has 1 aromatic carbocycles. The zero-order chi connectivity index (χ0) is 21.8. The summed E-state index contributed by atoms with van der Waals surface area (Å²) >= 11 is 0. The number of phenolic OH excluding ortho intramolecular Hbond substituents is 2. The van der Waals surface area contributed by atoms with E-state index in [1.807, 2.05) is 19.1 Å². The molecule has 0 aliphatic heterocycles. The van der Waals surface area contributed by atoms with Crippen LogP contribution in [-0.2, 0) is 6.42 Å². The number of benzene rings is 1. The molecule has 0 unspecified atom stereocenters. The van der Waals surface area contributed by atoms with E-state index in [4.69, 9.17) is 7.76 Å². The summed E-state index contributed by atoms with van der Waals surface area (Å²) < 4.78 is 6.48. The third-order valence-electron chi connectivity index (χ3n) is 4.99. The molecule has 3 heteroatoms. The van der Waals surface area contributed by atoms with Crippen molar-refractivity contribution in [2.24, 2.45) is 5.92 Å². The van der Waals surface area contributed by atoms with E-state index in [1.165, 1.54) is 13.4 Å². The summed E-state index contributed by atoms with van der Waals surface area (Å²) in [6, 6.07) is 3.63. The monoisotopic (exact) mass is 376 g/mol. The van der Waals surface area contributed by atoms with Crippen molar-refractivity contribution >= 4 is 7.81 Å². The first-order chi connectivity index (χ1) is 13.8. The standard InChI is InChI=1S/C20H28O2.C5H4B/c1-5-6-7-15-11-18(21)20(19(22)12-15)17-10-14(4)8-9-16(17)13(2)3;1-2-3-4-5-6/h10-12,16-17,21-22H,2,5-9H2,1,3-4H3;1,6H,5H2/t16-,17+;/m0./s1/i;6D. The zero-order valence-electron chi connectivity index (χ0n) is 18.4. The van der Waals surface area contributed by atoms with Crippen LogP contribution >= 0.6 is 0 Å². The van der Waals surface area contributed by atoms with E-state index < -0.39 is 0 Å². The predicted molar refractivity (Wildman–Crippen MR) is 121 cm³/mol. The van der Waals surface area contributed by atoms with Gasteiger partial charge in [0.15, 0.2) is 0 Å². The molecule has 0 spiro atoms. The van der Waals surface area contributed by atoms with Gasteiger partial charge >= 0.3 is 0 Å². The number of aromatic hydroxyl groups is 2. The van der Waals surface area contributed by atoms with Crippen LogP contribution in [0.25, 0.3) is 0 Å². The smallest absolute Gasteiger partial charge is 0.123 e. The van der Waals surface area contributed by atoms with Crippen molar-refractivity contribution < 1.29 is 10.2 Å². The number of hydrogen-bond donors (Lipinski definition) is 2. The van der Waals surface area contributed by atoms with Crippen LogP contribution in [0.15, 0.2) is 35.9 Å². The minimum absolute atomic E-state index is 0.0199. The van der Waals surface area contributed by atoms with Gasteiger partial charge in [0.2, 0.25) is 0 Å². The second kappa shape index (κ2) is 12.0. The molecule has 0 saturated carbocycles. The lowest BCUT2D eigenvalue weighted by molar-refractivity contribution is 0.406. The van der Waals surface area contributed by atoms with Gasteiger partial charge in [0.25, 0.3) is 0 Å². The second-order valence-corrected chi connectivity index (χ2v) is 7.33. The Balaban J connectivity index is 0.000000516. The molecule has 147 valence electrons. The van der Waals surface area contributed by atoms with E-state index in [-0.39, 0.29) is 23.3 Å². The SMILES string of the molecule is C=C(C)[C@@H]1CCC(C)=C[C@H]1c1c(O)cc(CCCC)cc1O.[2H][B]CC#CC#C. The van der Waals surface area contributed by atoms with Gasteiger partial charge in [-0.2, -0.15) is 0 Å². The highest BCUT2D eigenvalue weighted by atomic mass is 16.3. The first kappa shape index (κ1) is 21.8. The molecular formula is C25H32BO2. The first-order valence-electron chi connectivity index (χ1n) is 10.4. The molecule has 0 heterocycles. The highest BCUT2D eigenvalue weighted by Crippen LogP contribution is 2.46. The van der Waals surface area contributed by atoms with Crippen molar-refractivity contribution in [3.05, 3.63) is 47.1 Å². The quantitative estimate of drug-likeness (QED) is 0.397. The molecule has 1 radical (unpaired) electrons. The van der Waals surface area contributed by atoms with Gasteiger partial charge in [-0.05, 0) is 82.6 Å². The Hall–Kier alpha value is -2.52. The Kier molecular flexibility index (Phi) is 9.37. The molecule has 1 aliphatic rings. The Morgan fingerprint density at radius 2 is 2.07 bits per heavy atom. The molecule has 0 bridgehead atoms. The fourth-order valence-corrected chi connectivity index (χ4v) is 3.55. The lowest BCUT2D eigenvalue weighted by Gasteiger charge is -2.31. The Morgan fingerprint density at radius 1 is 1.39 bits per heavy atom. The third kappa shape index (κ3) is 6.90. The maximum Gasteiger partial charge on any atom is 0.123 e. The largest absolute Gasteiger partial charge is 0.507 e. The van der Waals surface area contributed by atoms with E-state index in [9.17, 15) is 10.2 Å². The Bertz CT molecular complexity index is 800. The topological polar surface area (TPSA) is 40.5 Å². The van der Waals surface area contributed by atoms with Crippen LogP contribution in [0, 0.1) is 30.1 Å². The van der Waals surface area contributed by atoms with Gasteiger partial charge in [0.05, 0.1) is 0 Å². The number of rotatable bonds is 6. The maximum atomic E-state index is 10.5. The third-order valence-corrected chi connectivity index (χ3v) is 4.99. The van der Waals surface area contributed by atoms with Crippen LogP contribution in [0.3, 0.4) is 0 Å². The van der Waals surface area contributed by atoms with Crippen molar-refractivity contribution in [3.8, 4) is 35.7 Å². The molecule has 2 nitrogen and oxygen atoms in total. The van der Waals surface area contributed by atoms with E-state index in [0.717, 1.165) is 43.2 Å². The van der Waals surface area contributed by atoms with Gasteiger partial charge in [-0.25, -0.2) is 0 Å². The van der Waals surface area contributed by atoms with Crippen molar-refractivity contribution in [2.45, 2.75) is 65.1 Å². The highest BCUT2D eigenvalue weighted by Gasteiger charge is 2.29. The molecule has 2 rings (SSSR count). The Labute approximate surface area is 173 Å². The predicted octanol–water partition coefficient (Wildman–Crippen LogP) is 5.40. The van der Waals surface area contributed by atoms with Crippen LogP contribution in [0.2, 0.25) is 6.32 Å². The van der Waals surface area contributed by atoms with Crippen molar-refractivity contribution in [1.82, 2.24) is 0 Å². The van der Waals surface area contributed by atoms with Gasteiger partial charge in [0.1, 0.15) is 19.3 Å². The van der Waals surface area contributed by atoms with Crippen LogP contribution in [-0.4, -0.2) is 19.4 Å². The fraction of sp³-hybridized carbons (Fsp3) is 0.440. The van der Waals surface area contributed by atoms with Crippen molar-refractivity contribution in [2.75, 3.05) is 0 Å². The van der Waals surface area contributed by atoms with E-state index in [0.29, 0.717) is 11.9 Å². The summed E-state index contributed by atoms with van der Waals surface area (Å²) in [6.45, 7) is 10.4. The lowest BCUT2D eigenvalue weighted by atomic mass is 9.73. The minimum atomic E-state index is 0.0199. The van der Waals surface area contributed by atoms with Crippen LogP contribution in [0.1, 0.15) is 63.5 Å². The Morgan fingerprint density at radius 3 is 2.61 bits per heavy atom. The molecule has 1 aliphatic carbocycles. The molecule has 2 atom stereocenters. The molecular weight excluding hydrogens is 343 g/mol. The highest BCUT2D eigenvalue weighted by molar-refractivity contribution is 6.10. The van der Waals surface area contributed by atoms with Gasteiger partial charge in [-0.3, -0.25) is 0 Å². The fourth-order valence-electron chi connectivity index (χ4n) is 3.55. The minimum Gasteiger partial charge on any atom is -0.507 e. The average Bonchev–Trinajstić information content (AvgIpc) is 2.66. The van der Waals surface area contributed by atoms with Crippen LogP contribution < -0.4 is 0 Å². The first-order valence-corrected chi connectivity index (χ1v) is 9.86. The second-order valence-electron chi connectivity index (χ2n) is 7.33. The average molecular weight is 376 g/mol. The number of terminal acetylenes is 1. The van der Waals surface area contributed by atoms with Gasteiger partial charge in [-0.15, -0.1) is 6.42 Å². The zero-order valence-corrected chi connectivity index (χ0v) is 17.4. The molecule has 0 amide bonds. The summed E-state index contributed by atoms with van der Waals surface area (Å²) in [5.74, 6) is 7.80. The lowest BCUT2D eigenvalue weighted by Crippen LogP contribution is -2.17. The van der Waals surface area contributed by atoms with Gasteiger partial charge in [-0.1, -0.05) is 43.1 Å². The summed E-state index contributed by atoms with van der Waals surface area (Å²) in [5, 5.41) is 21.0. The number of phenols is 2. The van der Waals surface area contributed by atoms with E-state index in [2.05, 4.69) is 44.3 Å². The van der Waals surface area contributed by atoms with E-state index >= 15 is 0 Å². The summed E-state index contributed by atoms with van der Waals surface area (Å²) in [6.07, 6.45) is 12.6. The summed E-state index contributed by atoms with van der Waals surface area (Å²) in [4.78, 5) is 0. The van der Waals surface area contributed by atoms with Crippen molar-refractivity contribution in [1.29, 1.82) is 1.34 Å². The number of allylic oxidation sites excluding steroid dienone is 3. The molecule has 0 fully saturated rings. The summed E-state index contributed by atoms with van der Waals surface area (Å²) in [5.41, 5.74) is 4.09. The van der Waals surface area contributed by atoms with Crippen molar-refractivity contribution in [3.63, 3.8) is 0 Å². The van der Waals surface area contributed by atoms with Gasteiger partial charge in [0, 0.05) is 11.5 Å². The molecule has 2 N–H and O–H groups in total. The molecule has 1 aromatic rings.